The lowest BCUT2D eigenvalue weighted by atomic mass is 10.2. The van der Waals surface area contributed by atoms with Crippen LogP contribution in [0.1, 0.15) is 13.3 Å². The number of Topliss-reactive ketones (excluding diaryl/α,β-unsaturated/α-hetero) is 1. The van der Waals surface area contributed by atoms with Crippen molar-refractivity contribution in [2.45, 2.75) is 19.4 Å². The minimum Gasteiger partial charge on any atom is -0.480 e. The van der Waals surface area contributed by atoms with E-state index in [-0.39, 0.29) is 12.2 Å². The van der Waals surface area contributed by atoms with Crippen molar-refractivity contribution in [2.24, 2.45) is 5.73 Å². The van der Waals surface area contributed by atoms with E-state index in [0.29, 0.717) is 0 Å². The fraction of sp³-hybridized carbons (Fsp3) is 0.273. The van der Waals surface area contributed by atoms with Crippen LogP contribution in [0.15, 0.2) is 36.4 Å². The number of carboxylic acid groups (broad SMARTS) is 1. The number of carbonyl (C=O) groups excluding carboxylic acids is 1. The van der Waals surface area contributed by atoms with Crippen LogP contribution in [0, 0.1) is 0 Å². The Morgan fingerprint density at radius 1 is 1.13 bits per heavy atom. The van der Waals surface area contributed by atoms with Gasteiger partial charge in [-0.25, -0.2) is 0 Å². The molecule has 4 heteroatoms. The summed E-state index contributed by atoms with van der Waals surface area (Å²) in [7, 11) is 0. The van der Waals surface area contributed by atoms with Crippen LogP contribution in [-0.4, -0.2) is 22.9 Å². The summed E-state index contributed by atoms with van der Waals surface area (Å²) in [4.78, 5) is 20.2. The smallest absolute Gasteiger partial charge is 0.320 e. The maximum absolute atomic E-state index is 10.2. The molecule has 0 aliphatic rings. The third-order valence-corrected chi connectivity index (χ3v) is 1.49. The largest absolute Gasteiger partial charge is 0.480 e. The summed E-state index contributed by atoms with van der Waals surface area (Å²) in [5, 5.41) is 8.15. The van der Waals surface area contributed by atoms with Gasteiger partial charge in [-0.05, 0) is 6.92 Å². The van der Waals surface area contributed by atoms with E-state index in [4.69, 9.17) is 10.8 Å². The van der Waals surface area contributed by atoms with Crippen LogP contribution in [0.3, 0.4) is 0 Å². The maximum atomic E-state index is 10.2. The average Bonchev–Trinajstić information content (AvgIpc) is 2.20. The zero-order valence-electron chi connectivity index (χ0n) is 8.59. The number of nitrogens with two attached hydrogens (primary N) is 1. The first-order valence-corrected chi connectivity index (χ1v) is 4.52. The minimum atomic E-state index is -1.13. The van der Waals surface area contributed by atoms with E-state index >= 15 is 0 Å². The summed E-state index contributed by atoms with van der Waals surface area (Å²) in [6.45, 7) is 1.31. The van der Waals surface area contributed by atoms with Crippen LogP contribution in [0.5, 0.6) is 0 Å². The van der Waals surface area contributed by atoms with Crippen LogP contribution in [0.4, 0.5) is 0 Å². The van der Waals surface area contributed by atoms with E-state index < -0.39 is 12.0 Å². The Kier molecular flexibility index (Phi) is 6.84. The molecule has 0 radical (unpaired) electrons. The molecule has 0 saturated carbocycles. The number of rotatable bonds is 3. The fourth-order valence-electron chi connectivity index (χ4n) is 0.782. The maximum Gasteiger partial charge on any atom is 0.320 e. The summed E-state index contributed by atoms with van der Waals surface area (Å²) < 4.78 is 0. The van der Waals surface area contributed by atoms with Crippen molar-refractivity contribution in [3.8, 4) is 0 Å². The number of hydrogen-bond donors (Lipinski definition) is 2. The van der Waals surface area contributed by atoms with Gasteiger partial charge in [0.1, 0.15) is 11.8 Å². The molecule has 1 atom stereocenters. The van der Waals surface area contributed by atoms with Crippen molar-refractivity contribution in [1.29, 1.82) is 0 Å². The van der Waals surface area contributed by atoms with Crippen LogP contribution < -0.4 is 5.73 Å². The van der Waals surface area contributed by atoms with Gasteiger partial charge in [0.2, 0.25) is 0 Å². The molecule has 0 spiro atoms. The highest BCUT2D eigenvalue weighted by atomic mass is 16.4. The Morgan fingerprint density at radius 3 is 1.60 bits per heavy atom. The molecule has 0 amide bonds. The van der Waals surface area contributed by atoms with Gasteiger partial charge in [0.25, 0.3) is 0 Å². The van der Waals surface area contributed by atoms with Crippen molar-refractivity contribution in [3.63, 3.8) is 0 Å². The molecule has 82 valence electrons. The van der Waals surface area contributed by atoms with Gasteiger partial charge in [0.05, 0.1) is 0 Å². The Labute approximate surface area is 88.7 Å². The summed E-state index contributed by atoms with van der Waals surface area (Å²) in [6.07, 6.45) is -0.0880. The van der Waals surface area contributed by atoms with Gasteiger partial charge in [-0.1, -0.05) is 36.4 Å². The number of carbonyl (C=O) groups is 2. The molecule has 0 heterocycles. The molecule has 0 unspecified atom stereocenters. The Hall–Kier alpha value is -1.68. The highest BCUT2D eigenvalue weighted by Gasteiger charge is 2.12. The molecule has 0 aliphatic carbocycles. The molecular formula is C11H15NO3. The van der Waals surface area contributed by atoms with E-state index in [9.17, 15) is 9.59 Å². The van der Waals surface area contributed by atoms with Gasteiger partial charge in [-0.2, -0.15) is 0 Å². The van der Waals surface area contributed by atoms with Gasteiger partial charge in [0.15, 0.2) is 0 Å². The monoisotopic (exact) mass is 209 g/mol. The van der Waals surface area contributed by atoms with Crippen molar-refractivity contribution in [1.82, 2.24) is 0 Å². The number of hydrogen-bond acceptors (Lipinski definition) is 3. The van der Waals surface area contributed by atoms with E-state index in [2.05, 4.69) is 0 Å². The highest BCUT2D eigenvalue weighted by Crippen LogP contribution is 1.87. The third-order valence-electron chi connectivity index (χ3n) is 1.49. The van der Waals surface area contributed by atoms with Crippen LogP contribution in [-0.2, 0) is 9.59 Å². The molecular weight excluding hydrogens is 194 g/mol. The first-order chi connectivity index (χ1) is 7.04. The Morgan fingerprint density at radius 2 is 1.47 bits per heavy atom. The van der Waals surface area contributed by atoms with E-state index in [0.717, 1.165) is 0 Å². The highest BCUT2D eigenvalue weighted by molar-refractivity contribution is 5.83. The first-order valence-electron chi connectivity index (χ1n) is 4.52. The van der Waals surface area contributed by atoms with Gasteiger partial charge in [-0.15, -0.1) is 0 Å². The Balaban J connectivity index is 0.000000280. The number of carboxylic acids is 1. The van der Waals surface area contributed by atoms with Gasteiger partial charge >= 0.3 is 5.97 Å². The molecule has 1 aromatic carbocycles. The fourth-order valence-corrected chi connectivity index (χ4v) is 0.782. The predicted octanol–water partition coefficient (Wildman–Crippen LogP) is 1.06. The second kappa shape index (κ2) is 7.70. The van der Waals surface area contributed by atoms with Crippen molar-refractivity contribution < 1.29 is 14.7 Å². The SMILES string of the molecule is CC(=O)C[C@H](N)C(=O)O.c1ccccc1. The van der Waals surface area contributed by atoms with Crippen LogP contribution in [0.25, 0.3) is 0 Å². The lowest BCUT2D eigenvalue weighted by molar-refractivity contribution is -0.140. The van der Waals surface area contributed by atoms with Gasteiger partial charge in [-0.3, -0.25) is 9.59 Å². The number of aliphatic carboxylic acids is 1. The molecule has 15 heavy (non-hydrogen) atoms. The number of benzene rings is 1. The molecule has 0 aliphatic heterocycles. The lowest BCUT2D eigenvalue weighted by Gasteiger charge is -2.00. The number of ketones is 1. The second-order valence-corrected chi connectivity index (χ2v) is 3.01. The summed E-state index contributed by atoms with van der Waals surface area (Å²) >= 11 is 0. The van der Waals surface area contributed by atoms with E-state index in [1.807, 2.05) is 36.4 Å². The molecule has 3 N–H and O–H groups in total. The lowest BCUT2D eigenvalue weighted by Crippen LogP contribution is -2.31. The first kappa shape index (κ1) is 13.3. The third kappa shape index (κ3) is 8.64. The van der Waals surface area contributed by atoms with Crippen molar-refractivity contribution >= 4 is 11.8 Å². The quantitative estimate of drug-likeness (QED) is 0.780. The van der Waals surface area contributed by atoms with Gasteiger partial charge < -0.3 is 10.8 Å². The minimum absolute atomic E-state index is 0.0880. The predicted molar refractivity (Wildman–Crippen MR) is 57.4 cm³/mol. The molecule has 0 fully saturated rings. The summed E-state index contributed by atoms with van der Waals surface area (Å²) in [6, 6.07) is 11.0. The summed E-state index contributed by atoms with van der Waals surface area (Å²) in [5.41, 5.74) is 5.00. The molecule has 0 bridgehead atoms. The van der Waals surface area contributed by atoms with Gasteiger partial charge in [0, 0.05) is 6.42 Å². The molecule has 4 nitrogen and oxygen atoms in total. The summed E-state index contributed by atoms with van der Waals surface area (Å²) in [5.74, 6) is -1.34. The average molecular weight is 209 g/mol. The molecule has 0 saturated heterocycles. The zero-order chi connectivity index (χ0) is 11.7. The molecule has 1 rings (SSSR count). The normalized spacial score (nSPS) is 10.8. The van der Waals surface area contributed by atoms with E-state index in [1.165, 1.54) is 6.92 Å². The van der Waals surface area contributed by atoms with Crippen LogP contribution in [0.2, 0.25) is 0 Å². The van der Waals surface area contributed by atoms with Crippen LogP contribution >= 0.6 is 0 Å². The zero-order valence-corrected chi connectivity index (χ0v) is 8.59. The topological polar surface area (TPSA) is 80.4 Å². The molecule has 0 aromatic heterocycles. The van der Waals surface area contributed by atoms with E-state index in [1.54, 1.807) is 0 Å². The Bertz CT molecular complexity index is 271. The standard InChI is InChI=1S/C6H6.C5H9NO3/c1-2-4-6-5-3-1;1-3(7)2-4(6)5(8)9/h1-6H;4H,2,6H2,1H3,(H,8,9)/t;4-/m.0/s1. The van der Waals surface area contributed by atoms with Crippen molar-refractivity contribution in [2.75, 3.05) is 0 Å². The second-order valence-electron chi connectivity index (χ2n) is 3.01. The molecule has 1 aromatic rings. The van der Waals surface area contributed by atoms with Crippen molar-refractivity contribution in [3.05, 3.63) is 36.4 Å².